The minimum Gasteiger partial charge on any atom is -0.445 e. The van der Waals surface area contributed by atoms with Crippen LogP contribution >= 0.6 is 11.6 Å². The molecule has 2 heterocycles. The molecular weight excluding hydrogens is 314 g/mol. The Hall–Kier alpha value is -2.27. The summed E-state index contributed by atoms with van der Waals surface area (Å²) in [6.45, 7) is 2.88. The van der Waals surface area contributed by atoms with Crippen LogP contribution in [0.5, 0.6) is 0 Å². The Kier molecular flexibility index (Phi) is 4.98. The number of piperazine rings is 1. The molecule has 1 aromatic carbocycles. The van der Waals surface area contributed by atoms with E-state index in [-0.39, 0.29) is 6.09 Å². The zero-order valence-corrected chi connectivity index (χ0v) is 13.4. The standard InChI is InChI=1S/C17H18ClN3O2/c18-15-7-4-8-19-16(15)20-9-11-21(12-10-20)17(22)23-13-14-5-2-1-3-6-14/h1-8H,9-13H2. The molecule has 0 aliphatic carbocycles. The van der Waals surface area contributed by atoms with E-state index in [0.29, 0.717) is 37.8 Å². The summed E-state index contributed by atoms with van der Waals surface area (Å²) in [6.07, 6.45) is 1.45. The summed E-state index contributed by atoms with van der Waals surface area (Å²) in [4.78, 5) is 20.2. The lowest BCUT2D eigenvalue weighted by atomic mass is 10.2. The van der Waals surface area contributed by atoms with Gasteiger partial charge in [-0.3, -0.25) is 0 Å². The summed E-state index contributed by atoms with van der Waals surface area (Å²) in [5.74, 6) is 0.770. The Morgan fingerprint density at radius 3 is 2.52 bits per heavy atom. The monoisotopic (exact) mass is 331 g/mol. The van der Waals surface area contributed by atoms with Crippen molar-refractivity contribution in [2.24, 2.45) is 0 Å². The normalized spacial score (nSPS) is 14.7. The van der Waals surface area contributed by atoms with E-state index >= 15 is 0 Å². The van der Waals surface area contributed by atoms with E-state index in [1.165, 1.54) is 0 Å². The molecule has 1 fully saturated rings. The molecule has 1 saturated heterocycles. The Bertz CT molecular complexity index is 658. The Morgan fingerprint density at radius 2 is 1.83 bits per heavy atom. The van der Waals surface area contributed by atoms with Crippen molar-refractivity contribution in [2.75, 3.05) is 31.1 Å². The van der Waals surface area contributed by atoms with Crippen LogP contribution in [0, 0.1) is 0 Å². The van der Waals surface area contributed by atoms with Crippen molar-refractivity contribution in [3.63, 3.8) is 0 Å². The second kappa shape index (κ2) is 7.33. The average Bonchev–Trinajstić information content (AvgIpc) is 2.61. The van der Waals surface area contributed by atoms with E-state index in [0.717, 1.165) is 11.4 Å². The number of benzene rings is 1. The summed E-state index contributed by atoms with van der Waals surface area (Å²) in [6, 6.07) is 13.3. The van der Waals surface area contributed by atoms with Gasteiger partial charge in [-0.2, -0.15) is 0 Å². The van der Waals surface area contributed by atoms with Crippen LogP contribution in [0.15, 0.2) is 48.7 Å². The van der Waals surface area contributed by atoms with Crippen LogP contribution in [0.3, 0.4) is 0 Å². The van der Waals surface area contributed by atoms with E-state index in [4.69, 9.17) is 16.3 Å². The molecule has 120 valence electrons. The van der Waals surface area contributed by atoms with Gasteiger partial charge in [0.25, 0.3) is 0 Å². The predicted molar refractivity (Wildman–Crippen MR) is 89.7 cm³/mol. The molecule has 1 amide bonds. The van der Waals surface area contributed by atoms with Crippen LogP contribution in [0.1, 0.15) is 5.56 Å². The number of rotatable bonds is 3. The lowest BCUT2D eigenvalue weighted by Crippen LogP contribution is -2.49. The van der Waals surface area contributed by atoms with Crippen LogP contribution in [-0.2, 0) is 11.3 Å². The van der Waals surface area contributed by atoms with Gasteiger partial charge < -0.3 is 14.5 Å². The van der Waals surface area contributed by atoms with Gasteiger partial charge in [0, 0.05) is 32.4 Å². The molecule has 0 atom stereocenters. The molecule has 0 radical (unpaired) electrons. The van der Waals surface area contributed by atoms with Gasteiger partial charge in [-0.25, -0.2) is 9.78 Å². The molecule has 23 heavy (non-hydrogen) atoms. The number of amides is 1. The number of hydrogen-bond donors (Lipinski definition) is 0. The molecule has 1 aliphatic rings. The topological polar surface area (TPSA) is 45.7 Å². The van der Waals surface area contributed by atoms with Crippen molar-refractivity contribution in [1.82, 2.24) is 9.88 Å². The molecule has 0 bridgehead atoms. The fraction of sp³-hybridized carbons (Fsp3) is 0.294. The second-order valence-electron chi connectivity index (χ2n) is 5.32. The Balaban J connectivity index is 1.50. The van der Waals surface area contributed by atoms with Gasteiger partial charge in [0.2, 0.25) is 0 Å². The predicted octanol–water partition coefficient (Wildman–Crippen LogP) is 3.19. The van der Waals surface area contributed by atoms with Gasteiger partial charge in [-0.15, -0.1) is 0 Å². The molecule has 1 aliphatic heterocycles. The van der Waals surface area contributed by atoms with Crippen molar-refractivity contribution >= 4 is 23.5 Å². The zero-order chi connectivity index (χ0) is 16.1. The van der Waals surface area contributed by atoms with Gasteiger partial charge in [0.1, 0.15) is 12.4 Å². The highest BCUT2D eigenvalue weighted by molar-refractivity contribution is 6.32. The number of halogens is 1. The summed E-state index contributed by atoms with van der Waals surface area (Å²) < 4.78 is 5.36. The molecule has 0 saturated carbocycles. The van der Waals surface area contributed by atoms with Crippen LogP contribution < -0.4 is 4.90 Å². The minimum absolute atomic E-state index is 0.277. The highest BCUT2D eigenvalue weighted by Gasteiger charge is 2.23. The summed E-state index contributed by atoms with van der Waals surface area (Å²) in [5.41, 5.74) is 0.986. The number of nitrogens with zero attached hydrogens (tertiary/aromatic N) is 3. The number of aromatic nitrogens is 1. The highest BCUT2D eigenvalue weighted by atomic mass is 35.5. The SMILES string of the molecule is O=C(OCc1ccccc1)N1CCN(c2ncccc2Cl)CC1. The summed E-state index contributed by atoms with van der Waals surface area (Å²) >= 11 is 6.16. The van der Waals surface area contributed by atoms with Crippen LogP contribution in [0.4, 0.5) is 10.6 Å². The molecule has 6 heteroatoms. The smallest absolute Gasteiger partial charge is 0.410 e. The first-order chi connectivity index (χ1) is 11.2. The van der Waals surface area contributed by atoms with Crippen molar-refractivity contribution in [3.8, 4) is 0 Å². The molecule has 0 unspecified atom stereocenters. The van der Waals surface area contributed by atoms with Crippen molar-refractivity contribution < 1.29 is 9.53 Å². The van der Waals surface area contributed by atoms with Crippen molar-refractivity contribution in [1.29, 1.82) is 0 Å². The third kappa shape index (κ3) is 3.93. The Morgan fingerprint density at radius 1 is 1.09 bits per heavy atom. The average molecular weight is 332 g/mol. The maximum absolute atomic E-state index is 12.1. The molecule has 0 spiro atoms. The van der Waals surface area contributed by atoms with Crippen molar-refractivity contribution in [3.05, 3.63) is 59.2 Å². The lowest BCUT2D eigenvalue weighted by Gasteiger charge is -2.35. The van der Waals surface area contributed by atoms with Gasteiger partial charge in [0.05, 0.1) is 5.02 Å². The zero-order valence-electron chi connectivity index (χ0n) is 12.7. The van der Waals surface area contributed by atoms with Crippen LogP contribution in [0.25, 0.3) is 0 Å². The third-order valence-electron chi connectivity index (χ3n) is 3.78. The molecular formula is C17H18ClN3O2. The first-order valence-corrected chi connectivity index (χ1v) is 7.93. The molecule has 1 aromatic heterocycles. The fourth-order valence-electron chi connectivity index (χ4n) is 2.52. The van der Waals surface area contributed by atoms with E-state index in [1.807, 2.05) is 42.5 Å². The van der Waals surface area contributed by atoms with Gasteiger partial charge >= 0.3 is 6.09 Å². The maximum atomic E-state index is 12.1. The number of carbonyl (C=O) groups excluding carboxylic acids is 1. The summed E-state index contributed by atoms with van der Waals surface area (Å²) in [5, 5.41) is 0.632. The maximum Gasteiger partial charge on any atom is 0.410 e. The first-order valence-electron chi connectivity index (χ1n) is 7.55. The number of anilines is 1. The van der Waals surface area contributed by atoms with E-state index < -0.39 is 0 Å². The van der Waals surface area contributed by atoms with Gasteiger partial charge in [-0.05, 0) is 17.7 Å². The molecule has 5 nitrogen and oxygen atoms in total. The molecule has 2 aromatic rings. The number of ether oxygens (including phenoxy) is 1. The second-order valence-corrected chi connectivity index (χ2v) is 5.73. The third-order valence-corrected chi connectivity index (χ3v) is 4.08. The minimum atomic E-state index is -0.277. The highest BCUT2D eigenvalue weighted by Crippen LogP contribution is 2.23. The van der Waals surface area contributed by atoms with E-state index in [1.54, 1.807) is 11.1 Å². The van der Waals surface area contributed by atoms with Crippen LogP contribution in [0.2, 0.25) is 5.02 Å². The number of carbonyl (C=O) groups is 1. The van der Waals surface area contributed by atoms with E-state index in [9.17, 15) is 4.79 Å². The molecule has 3 rings (SSSR count). The van der Waals surface area contributed by atoms with E-state index in [2.05, 4.69) is 9.88 Å². The fourth-order valence-corrected chi connectivity index (χ4v) is 2.76. The number of hydrogen-bond acceptors (Lipinski definition) is 4. The first kappa shape index (κ1) is 15.6. The molecule has 0 N–H and O–H groups in total. The van der Waals surface area contributed by atoms with Crippen molar-refractivity contribution in [2.45, 2.75) is 6.61 Å². The van der Waals surface area contributed by atoms with Gasteiger partial charge in [-0.1, -0.05) is 41.9 Å². The Labute approximate surface area is 140 Å². The summed E-state index contributed by atoms with van der Waals surface area (Å²) in [7, 11) is 0. The largest absolute Gasteiger partial charge is 0.445 e. The van der Waals surface area contributed by atoms with Gasteiger partial charge in [0.15, 0.2) is 0 Å². The number of pyridine rings is 1. The lowest BCUT2D eigenvalue weighted by molar-refractivity contribution is 0.0941. The van der Waals surface area contributed by atoms with Crippen LogP contribution in [-0.4, -0.2) is 42.2 Å². The quantitative estimate of drug-likeness (QED) is 0.866.